The van der Waals surface area contributed by atoms with Crippen molar-refractivity contribution < 1.29 is 9.47 Å². The minimum atomic E-state index is -0.457. The van der Waals surface area contributed by atoms with Crippen LogP contribution >= 0.6 is 0 Å². The Hall–Kier alpha value is -1.66. The molecule has 6 heteroatoms. The second-order valence-electron chi connectivity index (χ2n) is 4.99. The van der Waals surface area contributed by atoms with Crippen LogP contribution in [0.1, 0.15) is 32.1 Å². The lowest BCUT2D eigenvalue weighted by atomic mass is 10.2. The van der Waals surface area contributed by atoms with Crippen molar-refractivity contribution in [2.75, 3.05) is 13.2 Å². The quantitative estimate of drug-likeness (QED) is 0.584. The molecule has 1 aromatic heterocycles. The fourth-order valence-corrected chi connectivity index (χ4v) is 2.37. The summed E-state index contributed by atoms with van der Waals surface area (Å²) in [6.07, 6.45) is 5.59. The highest BCUT2D eigenvalue weighted by Gasteiger charge is 2.22. The average Bonchev–Trinajstić information content (AvgIpc) is 2.92. The molecule has 2 rings (SSSR count). The van der Waals surface area contributed by atoms with Crippen LogP contribution in [0.2, 0.25) is 0 Å². The summed E-state index contributed by atoms with van der Waals surface area (Å²) in [5.41, 5.74) is -0.0481. The van der Waals surface area contributed by atoms with E-state index in [-0.39, 0.29) is 17.4 Å². The predicted molar refractivity (Wildman–Crippen MR) is 79.5 cm³/mol. The summed E-state index contributed by atoms with van der Waals surface area (Å²) in [7, 11) is 0. The number of aryl methyl sites for hydroxylation is 1. The maximum Gasteiger partial charge on any atom is 0.333 e. The standard InChI is InChI=1S/C15H22N2O4/c1-4-16-14(18)11(3)10-17(15(16)19)13-7-6-12(21-13)8-9-20-5-2/h6-7,10,12-13H,4-5,8-9H2,1-3H3/t12?,13-/m1/s1. The van der Waals surface area contributed by atoms with Gasteiger partial charge in [-0.3, -0.25) is 13.9 Å². The molecule has 21 heavy (non-hydrogen) atoms. The smallest absolute Gasteiger partial charge is 0.333 e. The highest BCUT2D eigenvalue weighted by molar-refractivity contribution is 5.07. The zero-order valence-electron chi connectivity index (χ0n) is 12.7. The van der Waals surface area contributed by atoms with Crippen molar-refractivity contribution in [3.8, 4) is 0 Å². The third kappa shape index (κ3) is 3.33. The Morgan fingerprint density at radius 2 is 2.05 bits per heavy atom. The molecule has 2 atom stereocenters. The largest absolute Gasteiger partial charge is 0.382 e. The third-order valence-electron chi connectivity index (χ3n) is 3.51. The van der Waals surface area contributed by atoms with Crippen molar-refractivity contribution in [3.63, 3.8) is 0 Å². The van der Waals surface area contributed by atoms with Crippen molar-refractivity contribution >= 4 is 0 Å². The van der Waals surface area contributed by atoms with E-state index in [0.717, 1.165) is 6.42 Å². The lowest BCUT2D eigenvalue weighted by Crippen LogP contribution is -2.41. The lowest BCUT2D eigenvalue weighted by Gasteiger charge is -2.18. The van der Waals surface area contributed by atoms with Crippen LogP contribution in [0.3, 0.4) is 0 Å². The van der Waals surface area contributed by atoms with Crippen molar-refractivity contribution in [1.82, 2.24) is 9.13 Å². The Bertz CT molecular complexity index is 630. The van der Waals surface area contributed by atoms with E-state index >= 15 is 0 Å². The van der Waals surface area contributed by atoms with Gasteiger partial charge >= 0.3 is 5.69 Å². The molecule has 0 radical (unpaired) electrons. The second-order valence-corrected chi connectivity index (χ2v) is 4.99. The van der Waals surface area contributed by atoms with Crippen LogP contribution in [0.25, 0.3) is 0 Å². The monoisotopic (exact) mass is 294 g/mol. The molecule has 1 unspecified atom stereocenters. The fraction of sp³-hybridized carbons (Fsp3) is 0.600. The molecular weight excluding hydrogens is 272 g/mol. The normalized spacial score (nSPS) is 21.1. The molecule has 2 heterocycles. The van der Waals surface area contributed by atoms with Gasteiger partial charge in [-0.2, -0.15) is 0 Å². The Kier molecular flexibility index (Phi) is 5.14. The summed E-state index contributed by atoms with van der Waals surface area (Å²) in [6.45, 7) is 7.09. The molecule has 116 valence electrons. The van der Waals surface area contributed by atoms with Crippen LogP contribution in [0.4, 0.5) is 0 Å². The number of hydrogen-bond donors (Lipinski definition) is 0. The van der Waals surface area contributed by atoms with Crippen molar-refractivity contribution in [1.29, 1.82) is 0 Å². The van der Waals surface area contributed by atoms with Crippen molar-refractivity contribution in [2.45, 2.75) is 46.1 Å². The molecule has 0 amide bonds. The Balaban J connectivity index is 2.18. The zero-order chi connectivity index (χ0) is 15.4. The Labute approximate surface area is 123 Å². The Morgan fingerprint density at radius 3 is 2.71 bits per heavy atom. The van der Waals surface area contributed by atoms with E-state index < -0.39 is 6.23 Å². The topological polar surface area (TPSA) is 62.5 Å². The van der Waals surface area contributed by atoms with Gasteiger partial charge in [0.1, 0.15) is 0 Å². The molecule has 0 aliphatic carbocycles. The molecule has 0 saturated heterocycles. The van der Waals surface area contributed by atoms with Gasteiger partial charge in [-0.25, -0.2) is 4.79 Å². The second kappa shape index (κ2) is 6.87. The van der Waals surface area contributed by atoms with Gasteiger partial charge in [-0.1, -0.05) is 6.08 Å². The van der Waals surface area contributed by atoms with Crippen molar-refractivity contribution in [3.05, 3.63) is 44.8 Å². The van der Waals surface area contributed by atoms with E-state index in [1.807, 2.05) is 19.1 Å². The first-order valence-electron chi connectivity index (χ1n) is 7.32. The molecule has 1 aliphatic rings. The van der Waals surface area contributed by atoms with Gasteiger partial charge in [0.2, 0.25) is 0 Å². The van der Waals surface area contributed by atoms with Crippen LogP contribution in [-0.2, 0) is 16.0 Å². The SMILES string of the molecule is CCOCCC1C=C[C@H](n2cc(C)c(=O)n(CC)c2=O)O1. The van der Waals surface area contributed by atoms with Gasteiger partial charge in [0, 0.05) is 37.9 Å². The van der Waals surface area contributed by atoms with Gasteiger partial charge in [-0.05, 0) is 26.8 Å². The van der Waals surface area contributed by atoms with Gasteiger partial charge in [0.25, 0.3) is 5.56 Å². The molecule has 0 spiro atoms. The number of hydrogen-bond acceptors (Lipinski definition) is 4. The van der Waals surface area contributed by atoms with Crippen LogP contribution < -0.4 is 11.2 Å². The number of aromatic nitrogens is 2. The first-order chi connectivity index (χ1) is 10.1. The first-order valence-corrected chi connectivity index (χ1v) is 7.32. The number of ether oxygens (including phenoxy) is 2. The van der Waals surface area contributed by atoms with Crippen LogP contribution in [0, 0.1) is 6.92 Å². The lowest BCUT2D eigenvalue weighted by molar-refractivity contribution is -0.00255. The highest BCUT2D eigenvalue weighted by atomic mass is 16.5. The predicted octanol–water partition coefficient (Wildman–Crippen LogP) is 1.22. The molecule has 0 N–H and O–H groups in total. The van der Waals surface area contributed by atoms with Gasteiger partial charge < -0.3 is 9.47 Å². The number of nitrogens with zero attached hydrogens (tertiary/aromatic N) is 2. The highest BCUT2D eigenvalue weighted by Crippen LogP contribution is 2.21. The zero-order valence-corrected chi connectivity index (χ0v) is 12.7. The van der Waals surface area contributed by atoms with Gasteiger partial charge in [-0.15, -0.1) is 0 Å². The van der Waals surface area contributed by atoms with Crippen LogP contribution in [-0.4, -0.2) is 28.5 Å². The van der Waals surface area contributed by atoms with E-state index in [9.17, 15) is 9.59 Å². The summed E-state index contributed by atoms with van der Waals surface area (Å²) in [4.78, 5) is 24.2. The minimum absolute atomic E-state index is 0.0595. The van der Waals surface area contributed by atoms with Crippen molar-refractivity contribution in [2.24, 2.45) is 0 Å². The molecule has 1 aliphatic heterocycles. The maximum absolute atomic E-state index is 12.3. The summed E-state index contributed by atoms with van der Waals surface area (Å²) >= 11 is 0. The molecule has 0 aromatic carbocycles. The summed E-state index contributed by atoms with van der Waals surface area (Å²) in [6, 6.07) is 0. The van der Waals surface area contributed by atoms with Crippen LogP contribution in [0.5, 0.6) is 0 Å². The van der Waals surface area contributed by atoms with Gasteiger partial charge in [0.05, 0.1) is 6.10 Å². The van der Waals surface area contributed by atoms with Crippen LogP contribution in [0.15, 0.2) is 27.9 Å². The molecule has 0 saturated carbocycles. The first kappa shape index (κ1) is 15.7. The molecule has 6 nitrogen and oxygen atoms in total. The fourth-order valence-electron chi connectivity index (χ4n) is 2.37. The van der Waals surface area contributed by atoms with E-state index in [1.165, 1.54) is 9.13 Å². The molecule has 0 fully saturated rings. The number of rotatable bonds is 6. The summed E-state index contributed by atoms with van der Waals surface area (Å²) in [5.74, 6) is 0. The molecule has 0 bridgehead atoms. The minimum Gasteiger partial charge on any atom is -0.382 e. The van der Waals surface area contributed by atoms with E-state index in [0.29, 0.717) is 25.3 Å². The summed E-state index contributed by atoms with van der Waals surface area (Å²) < 4.78 is 13.8. The van der Waals surface area contributed by atoms with E-state index in [4.69, 9.17) is 9.47 Å². The Morgan fingerprint density at radius 1 is 1.29 bits per heavy atom. The third-order valence-corrected chi connectivity index (χ3v) is 3.51. The maximum atomic E-state index is 12.3. The molecule has 1 aromatic rings. The van der Waals surface area contributed by atoms with E-state index in [1.54, 1.807) is 20.0 Å². The van der Waals surface area contributed by atoms with Gasteiger partial charge in [0.15, 0.2) is 6.23 Å². The summed E-state index contributed by atoms with van der Waals surface area (Å²) in [5, 5.41) is 0. The average molecular weight is 294 g/mol. The van der Waals surface area contributed by atoms with E-state index in [2.05, 4.69) is 0 Å². The molecular formula is C15H22N2O4.